The van der Waals surface area contributed by atoms with Crippen molar-refractivity contribution in [1.82, 2.24) is 0 Å². The van der Waals surface area contributed by atoms with E-state index in [1.54, 1.807) is 13.8 Å². The van der Waals surface area contributed by atoms with E-state index in [1.165, 1.54) is 25.1 Å². The summed E-state index contributed by atoms with van der Waals surface area (Å²) in [7, 11) is 0. The molecule has 2 rings (SSSR count). The van der Waals surface area contributed by atoms with Crippen LogP contribution in [0, 0.1) is 38.2 Å². The minimum absolute atomic E-state index is 0.0123. The molecule has 0 bridgehead atoms. The maximum Gasteiger partial charge on any atom is 0.132 e. The SMILES string of the molecule is Cc1cc(C(O)c2c(C)cc(F)cc2C)c(F)cc1F. The average Bonchev–Trinajstić information content (AvgIpc) is 2.32. The zero-order valence-electron chi connectivity index (χ0n) is 11.5. The molecule has 106 valence electrons. The largest absolute Gasteiger partial charge is 0.384 e. The minimum Gasteiger partial charge on any atom is -0.384 e. The molecule has 1 unspecified atom stereocenters. The molecule has 0 fully saturated rings. The molecule has 1 nitrogen and oxygen atoms in total. The Morgan fingerprint density at radius 3 is 1.90 bits per heavy atom. The van der Waals surface area contributed by atoms with Crippen molar-refractivity contribution in [1.29, 1.82) is 0 Å². The van der Waals surface area contributed by atoms with Gasteiger partial charge < -0.3 is 5.11 Å². The van der Waals surface area contributed by atoms with E-state index in [0.29, 0.717) is 16.7 Å². The number of halogens is 3. The summed E-state index contributed by atoms with van der Waals surface area (Å²) in [6, 6.07) is 4.58. The predicted molar refractivity (Wildman–Crippen MR) is 71.0 cm³/mol. The van der Waals surface area contributed by atoms with Crippen LogP contribution < -0.4 is 0 Å². The second-order valence-corrected chi connectivity index (χ2v) is 4.98. The van der Waals surface area contributed by atoms with E-state index >= 15 is 0 Å². The van der Waals surface area contributed by atoms with Gasteiger partial charge in [-0.3, -0.25) is 0 Å². The third-order valence-corrected chi connectivity index (χ3v) is 3.40. The fourth-order valence-corrected chi connectivity index (χ4v) is 2.40. The highest BCUT2D eigenvalue weighted by molar-refractivity contribution is 5.42. The fraction of sp³-hybridized carbons (Fsp3) is 0.250. The van der Waals surface area contributed by atoms with E-state index in [2.05, 4.69) is 0 Å². The topological polar surface area (TPSA) is 20.2 Å². The molecule has 1 atom stereocenters. The number of rotatable bonds is 2. The molecule has 0 radical (unpaired) electrons. The number of aliphatic hydroxyl groups excluding tert-OH is 1. The second kappa shape index (κ2) is 5.29. The van der Waals surface area contributed by atoms with Crippen LogP contribution in [-0.4, -0.2) is 5.11 Å². The number of hydrogen-bond donors (Lipinski definition) is 1. The summed E-state index contributed by atoms with van der Waals surface area (Å²) in [5, 5.41) is 10.4. The molecule has 4 heteroatoms. The Hall–Kier alpha value is -1.81. The molecule has 1 N–H and O–H groups in total. The van der Waals surface area contributed by atoms with Gasteiger partial charge in [-0.05, 0) is 61.2 Å². The molecule has 0 spiro atoms. The molecule has 0 saturated heterocycles. The molecule has 0 heterocycles. The van der Waals surface area contributed by atoms with Gasteiger partial charge in [-0.25, -0.2) is 13.2 Å². The van der Waals surface area contributed by atoms with Crippen LogP contribution in [0.4, 0.5) is 13.2 Å². The van der Waals surface area contributed by atoms with Crippen LogP contribution in [0.2, 0.25) is 0 Å². The number of aliphatic hydroxyl groups is 1. The number of benzene rings is 2. The molecule has 0 saturated carbocycles. The molecule has 0 aliphatic heterocycles. The van der Waals surface area contributed by atoms with Gasteiger partial charge in [-0.2, -0.15) is 0 Å². The summed E-state index contributed by atoms with van der Waals surface area (Å²) < 4.78 is 40.4. The van der Waals surface area contributed by atoms with Gasteiger partial charge in [0.15, 0.2) is 0 Å². The highest BCUT2D eigenvalue weighted by atomic mass is 19.1. The molecule has 2 aromatic carbocycles. The smallest absolute Gasteiger partial charge is 0.132 e. The van der Waals surface area contributed by atoms with E-state index in [9.17, 15) is 18.3 Å². The number of hydrogen-bond acceptors (Lipinski definition) is 1. The van der Waals surface area contributed by atoms with Crippen LogP contribution in [0.3, 0.4) is 0 Å². The summed E-state index contributed by atoms with van der Waals surface area (Å²) in [4.78, 5) is 0. The highest BCUT2D eigenvalue weighted by Gasteiger charge is 2.21. The maximum atomic E-state index is 13.8. The van der Waals surface area contributed by atoms with Crippen LogP contribution in [0.25, 0.3) is 0 Å². The Bertz CT molecular complexity index is 642. The summed E-state index contributed by atoms with van der Waals surface area (Å²) in [5.41, 5.74) is 1.73. The fourth-order valence-electron chi connectivity index (χ4n) is 2.40. The van der Waals surface area contributed by atoms with Crippen LogP contribution >= 0.6 is 0 Å². The van der Waals surface area contributed by atoms with Crippen molar-refractivity contribution in [2.24, 2.45) is 0 Å². The van der Waals surface area contributed by atoms with Crippen molar-refractivity contribution in [2.45, 2.75) is 26.9 Å². The number of aryl methyl sites for hydroxylation is 3. The van der Waals surface area contributed by atoms with E-state index in [0.717, 1.165) is 6.07 Å². The van der Waals surface area contributed by atoms with E-state index in [4.69, 9.17) is 0 Å². The van der Waals surface area contributed by atoms with E-state index in [-0.39, 0.29) is 11.1 Å². The van der Waals surface area contributed by atoms with Crippen molar-refractivity contribution < 1.29 is 18.3 Å². The monoisotopic (exact) mass is 280 g/mol. The average molecular weight is 280 g/mol. The Labute approximate surface area is 115 Å². The van der Waals surface area contributed by atoms with Gasteiger partial charge in [0.2, 0.25) is 0 Å². The summed E-state index contributed by atoms with van der Waals surface area (Å²) in [6.07, 6.45) is -1.25. The lowest BCUT2D eigenvalue weighted by Gasteiger charge is -2.18. The molecule has 0 amide bonds. The maximum absolute atomic E-state index is 13.8. The van der Waals surface area contributed by atoms with Crippen molar-refractivity contribution in [3.8, 4) is 0 Å². The van der Waals surface area contributed by atoms with Gasteiger partial charge >= 0.3 is 0 Å². The van der Waals surface area contributed by atoms with Crippen LogP contribution in [0.1, 0.15) is 33.9 Å². The predicted octanol–water partition coefficient (Wildman–Crippen LogP) is 4.11. The lowest BCUT2D eigenvalue weighted by Crippen LogP contribution is -2.08. The van der Waals surface area contributed by atoms with Crippen molar-refractivity contribution in [2.75, 3.05) is 0 Å². The van der Waals surface area contributed by atoms with Crippen LogP contribution in [-0.2, 0) is 0 Å². The van der Waals surface area contributed by atoms with Crippen molar-refractivity contribution in [3.63, 3.8) is 0 Å². The standard InChI is InChI=1S/C16H15F3O/c1-8-6-12(14(19)7-13(8)18)16(20)15-9(2)4-11(17)5-10(15)3/h4-7,16,20H,1-3H3. The third-order valence-electron chi connectivity index (χ3n) is 3.40. The molecular formula is C16H15F3O. The first-order valence-electron chi connectivity index (χ1n) is 6.21. The lowest BCUT2D eigenvalue weighted by atomic mass is 9.92. The first-order valence-corrected chi connectivity index (χ1v) is 6.21. The zero-order valence-corrected chi connectivity index (χ0v) is 11.5. The van der Waals surface area contributed by atoms with Gasteiger partial charge in [0.05, 0.1) is 0 Å². The van der Waals surface area contributed by atoms with Gasteiger partial charge in [0.1, 0.15) is 23.6 Å². The Balaban J connectivity index is 2.57. The molecule has 0 aliphatic carbocycles. The summed E-state index contributed by atoms with van der Waals surface area (Å²) in [5.74, 6) is -1.89. The van der Waals surface area contributed by atoms with Gasteiger partial charge in [0, 0.05) is 11.6 Å². The second-order valence-electron chi connectivity index (χ2n) is 4.98. The van der Waals surface area contributed by atoms with Crippen molar-refractivity contribution in [3.05, 3.63) is 69.5 Å². The summed E-state index contributed by atoms with van der Waals surface area (Å²) in [6.45, 7) is 4.78. The first kappa shape index (κ1) is 14.6. The third kappa shape index (κ3) is 2.56. The highest BCUT2D eigenvalue weighted by Crippen LogP contribution is 2.31. The summed E-state index contributed by atoms with van der Waals surface area (Å²) >= 11 is 0. The van der Waals surface area contributed by atoms with Gasteiger partial charge in [0.25, 0.3) is 0 Å². The zero-order chi connectivity index (χ0) is 15.0. The Kier molecular flexibility index (Phi) is 3.86. The first-order chi connectivity index (χ1) is 9.31. The molecule has 0 aromatic heterocycles. The quantitative estimate of drug-likeness (QED) is 0.877. The normalized spacial score (nSPS) is 12.6. The lowest BCUT2D eigenvalue weighted by molar-refractivity contribution is 0.213. The van der Waals surface area contributed by atoms with Gasteiger partial charge in [-0.1, -0.05) is 0 Å². The Morgan fingerprint density at radius 1 is 0.800 bits per heavy atom. The minimum atomic E-state index is -1.25. The van der Waals surface area contributed by atoms with Crippen LogP contribution in [0.15, 0.2) is 24.3 Å². The van der Waals surface area contributed by atoms with Crippen LogP contribution in [0.5, 0.6) is 0 Å². The molecule has 20 heavy (non-hydrogen) atoms. The Morgan fingerprint density at radius 2 is 1.35 bits per heavy atom. The van der Waals surface area contributed by atoms with Gasteiger partial charge in [-0.15, -0.1) is 0 Å². The molecule has 0 aliphatic rings. The van der Waals surface area contributed by atoms with Crippen molar-refractivity contribution >= 4 is 0 Å². The molecular weight excluding hydrogens is 265 g/mol. The van der Waals surface area contributed by atoms with E-state index < -0.39 is 23.6 Å². The van der Waals surface area contributed by atoms with E-state index in [1.807, 2.05) is 0 Å². The molecule has 2 aromatic rings.